The van der Waals surface area contributed by atoms with E-state index in [1.54, 1.807) is 68.0 Å². The summed E-state index contributed by atoms with van der Waals surface area (Å²) < 4.78 is 24.8. The number of hydrogen-bond acceptors (Lipinski definition) is 12. The van der Waals surface area contributed by atoms with Gasteiger partial charge >= 0.3 is 0 Å². The second kappa shape index (κ2) is 21.0. The van der Waals surface area contributed by atoms with Gasteiger partial charge in [0.1, 0.15) is 36.0 Å². The van der Waals surface area contributed by atoms with Crippen molar-refractivity contribution >= 4 is 56.8 Å². The van der Waals surface area contributed by atoms with Crippen molar-refractivity contribution in [2.75, 3.05) is 77.5 Å². The van der Waals surface area contributed by atoms with Crippen molar-refractivity contribution < 1.29 is 38.1 Å². The number of amides is 4. The van der Waals surface area contributed by atoms with E-state index in [0.717, 1.165) is 35.0 Å². The number of nitrogens with zero attached hydrogens (tertiary/aromatic N) is 8. The van der Waals surface area contributed by atoms with E-state index >= 15 is 0 Å². The zero-order chi connectivity index (χ0) is 45.2. The molecule has 6 heterocycles. The monoisotopic (exact) mass is 874 g/mol. The number of anilines is 2. The van der Waals surface area contributed by atoms with Crippen LogP contribution in [0.4, 0.5) is 11.4 Å². The van der Waals surface area contributed by atoms with E-state index in [2.05, 4.69) is 44.6 Å². The molecule has 4 amide bonds. The summed E-state index contributed by atoms with van der Waals surface area (Å²) in [5, 5.41) is 16.4. The molecule has 18 nitrogen and oxygen atoms in total. The average Bonchev–Trinajstić information content (AvgIpc) is 3.90. The lowest BCUT2D eigenvalue weighted by Crippen LogP contribution is -2.42. The number of hydrogen-bond donors (Lipinski definition) is 2. The van der Waals surface area contributed by atoms with Crippen molar-refractivity contribution in [2.24, 2.45) is 5.92 Å². The predicted octanol–water partition coefficient (Wildman–Crippen LogP) is 4.86. The van der Waals surface area contributed by atoms with Crippen molar-refractivity contribution in [1.82, 2.24) is 39.3 Å². The van der Waals surface area contributed by atoms with Gasteiger partial charge in [0.05, 0.1) is 63.1 Å². The highest BCUT2D eigenvalue weighted by Crippen LogP contribution is 2.31. The fourth-order valence-electron chi connectivity index (χ4n) is 7.32. The van der Waals surface area contributed by atoms with Gasteiger partial charge in [-0.1, -0.05) is 32.9 Å². The van der Waals surface area contributed by atoms with Crippen molar-refractivity contribution in [3.8, 4) is 11.5 Å². The van der Waals surface area contributed by atoms with E-state index in [-0.39, 0.29) is 36.7 Å². The van der Waals surface area contributed by atoms with Crippen molar-refractivity contribution in [2.45, 2.75) is 46.7 Å². The number of aromatic nitrogens is 6. The van der Waals surface area contributed by atoms with E-state index in [1.165, 1.54) is 14.2 Å². The van der Waals surface area contributed by atoms with Gasteiger partial charge < -0.3 is 39.4 Å². The summed E-state index contributed by atoms with van der Waals surface area (Å²) in [6.07, 6.45) is 5.14. The smallest absolute Gasteiger partial charge is 0.274 e. The van der Waals surface area contributed by atoms with Crippen LogP contribution in [0.15, 0.2) is 73.1 Å². The number of pyridine rings is 2. The Morgan fingerprint density at radius 1 is 0.656 bits per heavy atom. The molecule has 0 saturated carbocycles. The first-order valence-electron chi connectivity index (χ1n) is 21.4. The van der Waals surface area contributed by atoms with Crippen LogP contribution in [0, 0.1) is 5.92 Å². The van der Waals surface area contributed by atoms with Gasteiger partial charge in [-0.2, -0.15) is 10.2 Å². The number of carbonyl (C=O) groups excluding carboxylic acids is 4. The number of ether oxygens (including phenoxy) is 4. The molecule has 18 heteroatoms. The second-order valence-corrected chi connectivity index (χ2v) is 15.8. The number of nitrogens with one attached hydrogen (secondary N) is 2. The zero-order valence-corrected chi connectivity index (χ0v) is 36.8. The minimum absolute atomic E-state index is 0.000971. The maximum atomic E-state index is 12.9. The molecule has 0 aliphatic carbocycles. The summed E-state index contributed by atoms with van der Waals surface area (Å²) >= 11 is 0. The molecule has 0 spiro atoms. The predicted molar refractivity (Wildman–Crippen MR) is 240 cm³/mol. The highest BCUT2D eigenvalue weighted by Gasteiger charge is 2.21. The van der Waals surface area contributed by atoms with Crippen molar-refractivity contribution in [3.63, 3.8) is 0 Å². The molecule has 2 saturated heterocycles. The third kappa shape index (κ3) is 11.4. The molecule has 2 fully saturated rings. The Balaban J connectivity index is 0.000000192. The molecule has 2 N–H and O–H groups in total. The van der Waals surface area contributed by atoms with E-state index in [9.17, 15) is 19.2 Å². The molecule has 4 aromatic heterocycles. The Kier molecular flexibility index (Phi) is 14.8. The fourth-order valence-corrected chi connectivity index (χ4v) is 7.32. The Morgan fingerprint density at radius 2 is 1.09 bits per heavy atom. The van der Waals surface area contributed by atoms with Gasteiger partial charge in [-0.05, 0) is 55.2 Å². The molecule has 2 aliphatic rings. The third-order valence-electron chi connectivity index (χ3n) is 10.6. The van der Waals surface area contributed by atoms with Gasteiger partial charge in [-0.15, -0.1) is 0 Å². The molecule has 64 heavy (non-hydrogen) atoms. The second-order valence-electron chi connectivity index (χ2n) is 15.8. The molecule has 2 aliphatic heterocycles. The summed E-state index contributed by atoms with van der Waals surface area (Å²) in [4.78, 5) is 63.0. The van der Waals surface area contributed by atoms with E-state index in [0.29, 0.717) is 104 Å². The lowest BCUT2D eigenvalue weighted by molar-refractivity contribution is -0.136. The Bertz CT molecular complexity index is 2610. The average molecular weight is 875 g/mol. The molecule has 336 valence electrons. The van der Waals surface area contributed by atoms with Gasteiger partial charge in [0.15, 0.2) is 0 Å². The van der Waals surface area contributed by atoms with Crippen molar-refractivity contribution in [1.29, 1.82) is 0 Å². The van der Waals surface area contributed by atoms with E-state index < -0.39 is 0 Å². The quantitative estimate of drug-likeness (QED) is 0.160. The molecule has 8 rings (SSSR count). The molecule has 0 radical (unpaired) electrons. The normalized spacial score (nSPS) is 14.0. The van der Waals surface area contributed by atoms with Gasteiger partial charge in [-0.25, -0.2) is 9.97 Å². The van der Waals surface area contributed by atoms with Crippen LogP contribution in [0.1, 0.15) is 53.1 Å². The first kappa shape index (κ1) is 45.1. The summed E-state index contributed by atoms with van der Waals surface area (Å²) in [5.74, 6) is 0.787. The lowest BCUT2D eigenvalue weighted by atomic mass is 10.1. The molecule has 2 aromatic carbocycles. The number of rotatable bonds is 13. The molecule has 0 atom stereocenters. The maximum Gasteiger partial charge on any atom is 0.274 e. The molecular weight excluding hydrogens is 821 g/mol. The van der Waals surface area contributed by atoms with Crippen LogP contribution < -0.4 is 20.1 Å². The van der Waals surface area contributed by atoms with E-state index in [4.69, 9.17) is 18.9 Å². The largest absolute Gasteiger partial charge is 0.494 e. The van der Waals surface area contributed by atoms with Gasteiger partial charge in [0, 0.05) is 72.9 Å². The summed E-state index contributed by atoms with van der Waals surface area (Å²) in [6, 6.07) is 17.9. The number of morpholine rings is 2. The highest BCUT2D eigenvalue weighted by molar-refractivity contribution is 6.06. The van der Waals surface area contributed by atoms with Crippen LogP contribution in [0.3, 0.4) is 0 Å². The summed E-state index contributed by atoms with van der Waals surface area (Å²) in [5.41, 5.74) is 4.81. The number of methoxy groups -OCH3 is 2. The van der Waals surface area contributed by atoms with Crippen LogP contribution >= 0.6 is 0 Å². The lowest BCUT2D eigenvalue weighted by Gasteiger charge is -2.26. The van der Waals surface area contributed by atoms with Gasteiger partial charge in [0.2, 0.25) is 11.8 Å². The van der Waals surface area contributed by atoms with Crippen molar-refractivity contribution in [3.05, 3.63) is 95.8 Å². The molecule has 0 bridgehead atoms. The third-order valence-corrected chi connectivity index (χ3v) is 10.6. The van der Waals surface area contributed by atoms with Crippen LogP contribution in [0.5, 0.6) is 11.5 Å². The van der Waals surface area contributed by atoms with Gasteiger partial charge in [-0.3, -0.25) is 28.5 Å². The molecular formula is C46H54N10O8. The number of carbonyl (C=O) groups is 4. The van der Waals surface area contributed by atoms with E-state index in [1.807, 2.05) is 31.2 Å². The van der Waals surface area contributed by atoms with Crippen LogP contribution in [-0.4, -0.2) is 130 Å². The van der Waals surface area contributed by atoms with Crippen LogP contribution in [-0.2, 0) is 45.0 Å². The summed E-state index contributed by atoms with van der Waals surface area (Å²) in [7, 11) is 3.07. The molecule has 0 unspecified atom stereocenters. The number of aryl methyl sites for hydroxylation is 1. The Hall–Kier alpha value is -6.92. The molecule has 6 aromatic rings. The summed E-state index contributed by atoms with van der Waals surface area (Å²) in [6.45, 7) is 11.1. The SMILES string of the molecule is CCc1cccc(C(=O)Nc2cc3cn(CC(=O)N4CCOCC4)nc3cc2OC)n1.COc1cc2nn(CC(=O)N3CCOCC3)cc2cc1NC(=O)c1cccc(CC(C)C)n1. The standard InChI is InChI=1S/C24H29N5O4.C22H25N5O4/c1-16(2)11-18-5-4-6-19(25-18)24(31)26-21-12-17-14-29(27-20(17)13-22(21)32-3)15-23(30)28-7-9-33-10-8-28;1-3-16-5-4-6-17(23-16)22(29)24-19-11-15-13-27(25-18(15)12-20(19)30-2)14-21(28)26-7-9-31-10-8-26/h4-6,12-14,16H,7-11,15H2,1-3H3,(H,26,31);4-6,11-13H,3,7-10,14H2,1-2H3,(H,24,29). The van der Waals surface area contributed by atoms with Crippen LogP contribution in [0.25, 0.3) is 21.8 Å². The first-order valence-corrected chi connectivity index (χ1v) is 21.4. The minimum atomic E-state index is -0.317. The van der Waals surface area contributed by atoms with Gasteiger partial charge in [0.25, 0.3) is 11.8 Å². The zero-order valence-electron chi connectivity index (χ0n) is 36.8. The topological polar surface area (TPSA) is 197 Å². The maximum absolute atomic E-state index is 12.9. The van der Waals surface area contributed by atoms with Crippen LogP contribution in [0.2, 0.25) is 0 Å². The first-order chi connectivity index (χ1) is 31.0. The number of fused-ring (bicyclic) bond motifs is 2. The Labute approximate surface area is 370 Å². The fraction of sp³-hybridized carbons (Fsp3) is 0.391. The minimum Gasteiger partial charge on any atom is -0.494 e. The number of benzene rings is 2. The Morgan fingerprint density at radius 3 is 1.52 bits per heavy atom. The highest BCUT2D eigenvalue weighted by atomic mass is 16.5.